The predicted octanol–water partition coefficient (Wildman–Crippen LogP) is 1.67. The molecule has 4 heterocycles. The van der Waals surface area contributed by atoms with Crippen LogP contribution in [0.2, 0.25) is 0 Å². The first-order valence-corrected chi connectivity index (χ1v) is 8.14. The summed E-state index contributed by atoms with van der Waals surface area (Å²) in [4.78, 5) is 2.54. The molecule has 6 heteroatoms. The zero-order chi connectivity index (χ0) is 14.9. The third kappa shape index (κ3) is 2.57. The molecule has 22 heavy (non-hydrogen) atoms. The summed E-state index contributed by atoms with van der Waals surface area (Å²) in [6.45, 7) is 4.04. The minimum atomic E-state index is 0.173. The van der Waals surface area contributed by atoms with Gasteiger partial charge >= 0.3 is 0 Å². The van der Waals surface area contributed by atoms with Crippen LogP contribution >= 0.6 is 0 Å². The smallest absolute Gasteiger partial charge is 0.103 e. The van der Waals surface area contributed by atoms with Gasteiger partial charge in [0.15, 0.2) is 0 Å². The lowest BCUT2D eigenvalue weighted by Gasteiger charge is -2.36. The van der Waals surface area contributed by atoms with Gasteiger partial charge in [0.25, 0.3) is 0 Å². The molecule has 0 radical (unpaired) electrons. The van der Waals surface area contributed by atoms with Gasteiger partial charge in [0.1, 0.15) is 6.10 Å². The van der Waals surface area contributed by atoms with E-state index < -0.39 is 0 Å². The standard InChI is InChI=1S/C16H23N5O/c1-20-15(4-6-18-20)16-12(3-2-8-22-16)10-21-7-5-14-13(11-21)9-17-19-14/h4,6,9,12,16H,2-3,5,7-8,10-11H2,1H3,(H,17,19)/t12-,16+/m0/s1. The second-order valence-corrected chi connectivity index (χ2v) is 6.43. The number of aromatic amines is 1. The lowest BCUT2D eigenvalue weighted by molar-refractivity contribution is -0.0444. The van der Waals surface area contributed by atoms with Crippen molar-refractivity contribution in [2.75, 3.05) is 19.7 Å². The van der Waals surface area contributed by atoms with Gasteiger partial charge in [0.2, 0.25) is 0 Å². The molecule has 0 aromatic carbocycles. The van der Waals surface area contributed by atoms with E-state index in [1.54, 1.807) is 0 Å². The molecule has 2 atom stereocenters. The molecule has 0 spiro atoms. The molecule has 0 aliphatic carbocycles. The number of aromatic nitrogens is 4. The van der Waals surface area contributed by atoms with Crippen molar-refractivity contribution in [1.29, 1.82) is 0 Å². The van der Waals surface area contributed by atoms with Gasteiger partial charge in [-0.1, -0.05) is 0 Å². The molecule has 1 saturated heterocycles. The van der Waals surface area contributed by atoms with Gasteiger partial charge in [0, 0.05) is 63.1 Å². The zero-order valence-electron chi connectivity index (χ0n) is 13.0. The van der Waals surface area contributed by atoms with Crippen LogP contribution in [0.15, 0.2) is 18.5 Å². The molecular weight excluding hydrogens is 278 g/mol. The Balaban J connectivity index is 1.48. The summed E-state index contributed by atoms with van der Waals surface area (Å²) in [5.41, 5.74) is 3.85. The van der Waals surface area contributed by atoms with Crippen LogP contribution in [0, 0.1) is 5.92 Å². The van der Waals surface area contributed by atoms with Crippen molar-refractivity contribution in [2.45, 2.75) is 31.9 Å². The van der Waals surface area contributed by atoms with Gasteiger partial charge in [-0.3, -0.25) is 14.7 Å². The minimum Gasteiger partial charge on any atom is -0.372 e. The number of H-pyrrole nitrogens is 1. The van der Waals surface area contributed by atoms with Crippen LogP contribution in [0.4, 0.5) is 0 Å². The fourth-order valence-electron chi connectivity index (χ4n) is 3.79. The Labute approximate surface area is 130 Å². The fraction of sp³-hybridized carbons (Fsp3) is 0.625. The number of nitrogens with zero attached hydrogens (tertiary/aromatic N) is 4. The molecule has 118 valence electrons. The molecule has 0 saturated carbocycles. The van der Waals surface area contributed by atoms with Crippen LogP contribution in [-0.2, 0) is 24.8 Å². The second-order valence-electron chi connectivity index (χ2n) is 6.43. The Morgan fingerprint density at radius 2 is 2.41 bits per heavy atom. The number of fused-ring (bicyclic) bond motifs is 1. The highest BCUT2D eigenvalue weighted by atomic mass is 16.5. The molecule has 2 aromatic rings. The lowest BCUT2D eigenvalue weighted by Crippen LogP contribution is -2.38. The number of rotatable bonds is 3. The van der Waals surface area contributed by atoms with Crippen molar-refractivity contribution in [3.8, 4) is 0 Å². The van der Waals surface area contributed by atoms with Gasteiger partial charge in [-0.05, 0) is 18.9 Å². The third-order valence-corrected chi connectivity index (χ3v) is 4.97. The van der Waals surface area contributed by atoms with Crippen molar-refractivity contribution in [1.82, 2.24) is 24.9 Å². The van der Waals surface area contributed by atoms with E-state index in [9.17, 15) is 0 Å². The van der Waals surface area contributed by atoms with E-state index in [1.165, 1.54) is 23.4 Å². The van der Waals surface area contributed by atoms with Crippen LogP contribution in [0.1, 0.15) is 35.9 Å². The largest absolute Gasteiger partial charge is 0.372 e. The topological polar surface area (TPSA) is 59.0 Å². The van der Waals surface area contributed by atoms with Crippen LogP contribution in [0.3, 0.4) is 0 Å². The molecule has 0 amide bonds. The summed E-state index contributed by atoms with van der Waals surface area (Å²) in [5.74, 6) is 0.539. The third-order valence-electron chi connectivity index (χ3n) is 4.97. The number of nitrogens with one attached hydrogen (secondary N) is 1. The quantitative estimate of drug-likeness (QED) is 0.937. The van der Waals surface area contributed by atoms with Crippen LogP contribution < -0.4 is 0 Å². The maximum Gasteiger partial charge on any atom is 0.103 e. The van der Waals surface area contributed by atoms with E-state index in [0.29, 0.717) is 5.92 Å². The first-order chi connectivity index (χ1) is 10.8. The van der Waals surface area contributed by atoms with Crippen LogP contribution in [-0.4, -0.2) is 44.6 Å². The average Bonchev–Trinajstić information content (AvgIpc) is 3.16. The number of hydrogen-bond donors (Lipinski definition) is 1. The maximum absolute atomic E-state index is 6.11. The highest BCUT2D eigenvalue weighted by molar-refractivity contribution is 5.19. The van der Waals surface area contributed by atoms with Crippen molar-refractivity contribution in [2.24, 2.45) is 13.0 Å². The van der Waals surface area contributed by atoms with E-state index in [1.807, 2.05) is 24.1 Å². The van der Waals surface area contributed by atoms with Crippen molar-refractivity contribution >= 4 is 0 Å². The molecule has 6 nitrogen and oxygen atoms in total. The lowest BCUT2D eigenvalue weighted by atomic mass is 9.91. The summed E-state index contributed by atoms with van der Waals surface area (Å²) < 4.78 is 8.06. The molecular formula is C16H23N5O. The summed E-state index contributed by atoms with van der Waals surface area (Å²) in [6.07, 6.45) is 7.46. The highest BCUT2D eigenvalue weighted by Crippen LogP contribution is 2.34. The summed E-state index contributed by atoms with van der Waals surface area (Å²) >= 11 is 0. The molecule has 2 aliphatic heterocycles. The first kappa shape index (κ1) is 14.0. The van der Waals surface area contributed by atoms with E-state index >= 15 is 0 Å². The van der Waals surface area contributed by atoms with Crippen molar-refractivity contribution in [3.05, 3.63) is 35.4 Å². The maximum atomic E-state index is 6.11. The Morgan fingerprint density at radius 1 is 1.45 bits per heavy atom. The monoisotopic (exact) mass is 301 g/mol. The van der Waals surface area contributed by atoms with Gasteiger partial charge in [-0.2, -0.15) is 10.2 Å². The van der Waals surface area contributed by atoms with Crippen molar-refractivity contribution in [3.63, 3.8) is 0 Å². The molecule has 1 N–H and O–H groups in total. The van der Waals surface area contributed by atoms with Gasteiger partial charge in [-0.25, -0.2) is 0 Å². The number of ether oxygens (including phenoxy) is 1. The normalized spacial score (nSPS) is 26.0. The molecule has 0 bridgehead atoms. The van der Waals surface area contributed by atoms with E-state index in [-0.39, 0.29) is 6.10 Å². The summed E-state index contributed by atoms with van der Waals surface area (Å²) in [5, 5.41) is 11.6. The van der Waals surface area contributed by atoms with E-state index in [2.05, 4.69) is 26.3 Å². The Bertz CT molecular complexity index is 634. The zero-order valence-corrected chi connectivity index (χ0v) is 13.0. The van der Waals surface area contributed by atoms with Gasteiger partial charge in [-0.15, -0.1) is 0 Å². The molecule has 4 rings (SSSR count). The molecule has 1 fully saturated rings. The van der Waals surface area contributed by atoms with Gasteiger partial charge < -0.3 is 4.74 Å². The minimum absolute atomic E-state index is 0.173. The number of hydrogen-bond acceptors (Lipinski definition) is 4. The molecule has 2 aliphatic rings. The summed E-state index contributed by atoms with van der Waals surface area (Å²) in [6, 6.07) is 2.09. The van der Waals surface area contributed by atoms with Crippen LogP contribution in [0.25, 0.3) is 0 Å². The average molecular weight is 301 g/mol. The second kappa shape index (κ2) is 5.85. The highest BCUT2D eigenvalue weighted by Gasteiger charge is 2.31. The van der Waals surface area contributed by atoms with Crippen molar-refractivity contribution < 1.29 is 4.74 Å². The van der Waals surface area contributed by atoms with Gasteiger partial charge in [0.05, 0.1) is 11.9 Å². The van der Waals surface area contributed by atoms with E-state index in [0.717, 1.165) is 39.1 Å². The van der Waals surface area contributed by atoms with E-state index in [4.69, 9.17) is 4.74 Å². The Hall–Kier alpha value is -1.66. The van der Waals surface area contributed by atoms with Crippen LogP contribution in [0.5, 0.6) is 0 Å². The summed E-state index contributed by atoms with van der Waals surface area (Å²) in [7, 11) is 2.00. The SMILES string of the molecule is Cn1nccc1[C@@H]1OCCC[C@H]1CN1CCc2[nH]ncc2C1. The Kier molecular flexibility index (Phi) is 3.72. The number of aryl methyl sites for hydroxylation is 1. The predicted molar refractivity (Wildman–Crippen MR) is 82.2 cm³/mol. The fourth-order valence-corrected chi connectivity index (χ4v) is 3.79. The molecule has 0 unspecified atom stereocenters. The Morgan fingerprint density at radius 3 is 3.27 bits per heavy atom. The first-order valence-electron chi connectivity index (χ1n) is 8.14. The molecule has 2 aromatic heterocycles.